The second-order valence-corrected chi connectivity index (χ2v) is 5.37. The smallest absolute Gasteiger partial charge is 0.127 e. The van der Waals surface area contributed by atoms with Gasteiger partial charge in [-0.15, -0.1) is 0 Å². The second kappa shape index (κ2) is 7.27. The van der Waals surface area contributed by atoms with Gasteiger partial charge in [-0.25, -0.2) is 0 Å². The van der Waals surface area contributed by atoms with E-state index in [1.54, 1.807) is 6.20 Å². The van der Waals surface area contributed by atoms with E-state index in [1.807, 2.05) is 36.5 Å². The number of pyridine rings is 1. The molecule has 0 bridgehead atoms. The standard InChI is InChI=1S/C16H19ClN2O/c1-12(2)19-10-14-9-18-7-6-16(14)20-11-13-4-3-5-15(17)8-13/h3-9,12,19H,10-11H2,1-2H3. The molecule has 0 saturated heterocycles. The average molecular weight is 291 g/mol. The summed E-state index contributed by atoms with van der Waals surface area (Å²) in [7, 11) is 0. The van der Waals surface area contributed by atoms with Gasteiger partial charge < -0.3 is 10.1 Å². The maximum atomic E-state index is 5.97. The zero-order valence-corrected chi connectivity index (χ0v) is 12.5. The lowest BCUT2D eigenvalue weighted by Crippen LogP contribution is -2.22. The number of ether oxygens (including phenoxy) is 1. The highest BCUT2D eigenvalue weighted by Gasteiger charge is 2.05. The number of benzene rings is 1. The van der Waals surface area contributed by atoms with Gasteiger partial charge in [-0.05, 0) is 23.8 Å². The normalized spacial score (nSPS) is 10.8. The zero-order valence-electron chi connectivity index (χ0n) is 11.8. The van der Waals surface area contributed by atoms with Crippen molar-refractivity contribution in [3.8, 4) is 5.75 Å². The first-order valence-corrected chi connectivity index (χ1v) is 7.06. The van der Waals surface area contributed by atoms with Crippen LogP contribution in [0.15, 0.2) is 42.7 Å². The number of rotatable bonds is 6. The van der Waals surface area contributed by atoms with Crippen molar-refractivity contribution in [2.45, 2.75) is 33.0 Å². The molecule has 0 amide bonds. The predicted molar refractivity (Wildman–Crippen MR) is 82.0 cm³/mol. The summed E-state index contributed by atoms with van der Waals surface area (Å²) in [6, 6.07) is 10.0. The summed E-state index contributed by atoms with van der Waals surface area (Å²) in [6.07, 6.45) is 3.58. The van der Waals surface area contributed by atoms with Gasteiger partial charge in [0.05, 0.1) is 0 Å². The fraction of sp³-hybridized carbons (Fsp3) is 0.312. The third-order valence-corrected chi connectivity index (χ3v) is 3.08. The summed E-state index contributed by atoms with van der Waals surface area (Å²) in [5.41, 5.74) is 2.11. The molecule has 0 radical (unpaired) electrons. The molecular weight excluding hydrogens is 272 g/mol. The summed E-state index contributed by atoms with van der Waals surface area (Å²) in [6.45, 7) is 5.47. The van der Waals surface area contributed by atoms with Gasteiger partial charge in [-0.3, -0.25) is 4.98 Å². The number of hydrogen-bond donors (Lipinski definition) is 1. The Hall–Kier alpha value is -1.58. The van der Waals surface area contributed by atoms with E-state index >= 15 is 0 Å². The minimum atomic E-state index is 0.427. The predicted octanol–water partition coefficient (Wildman–Crippen LogP) is 3.81. The molecule has 0 aliphatic rings. The molecule has 1 aromatic carbocycles. The minimum Gasteiger partial charge on any atom is -0.488 e. The molecule has 0 aliphatic carbocycles. The van der Waals surface area contributed by atoms with Crippen LogP contribution in [0.5, 0.6) is 5.75 Å². The lowest BCUT2D eigenvalue weighted by atomic mass is 10.2. The molecule has 0 aliphatic heterocycles. The van der Waals surface area contributed by atoms with Crippen LogP contribution in [0.3, 0.4) is 0 Å². The summed E-state index contributed by atoms with van der Waals surface area (Å²) in [4.78, 5) is 4.15. The van der Waals surface area contributed by atoms with Gasteiger partial charge >= 0.3 is 0 Å². The van der Waals surface area contributed by atoms with Crippen LogP contribution >= 0.6 is 11.6 Å². The number of nitrogens with one attached hydrogen (secondary N) is 1. The molecule has 106 valence electrons. The summed E-state index contributed by atoms with van der Waals surface area (Å²) >= 11 is 5.97. The van der Waals surface area contributed by atoms with Gasteiger partial charge in [0.2, 0.25) is 0 Å². The van der Waals surface area contributed by atoms with Crippen molar-refractivity contribution in [2.24, 2.45) is 0 Å². The summed E-state index contributed by atoms with van der Waals surface area (Å²) in [5.74, 6) is 0.855. The van der Waals surface area contributed by atoms with Crippen LogP contribution in [0.1, 0.15) is 25.0 Å². The zero-order chi connectivity index (χ0) is 14.4. The van der Waals surface area contributed by atoms with Crippen molar-refractivity contribution in [1.29, 1.82) is 0 Å². The highest BCUT2D eigenvalue weighted by molar-refractivity contribution is 6.30. The lowest BCUT2D eigenvalue weighted by molar-refractivity contribution is 0.301. The van der Waals surface area contributed by atoms with Crippen LogP contribution in [0, 0.1) is 0 Å². The van der Waals surface area contributed by atoms with Gasteiger partial charge in [0.15, 0.2) is 0 Å². The lowest BCUT2D eigenvalue weighted by Gasteiger charge is -2.13. The number of nitrogens with zero attached hydrogens (tertiary/aromatic N) is 1. The largest absolute Gasteiger partial charge is 0.488 e. The maximum Gasteiger partial charge on any atom is 0.127 e. The third kappa shape index (κ3) is 4.51. The fourth-order valence-electron chi connectivity index (χ4n) is 1.79. The molecule has 1 aromatic heterocycles. The van der Waals surface area contributed by atoms with Crippen molar-refractivity contribution in [3.63, 3.8) is 0 Å². The highest BCUT2D eigenvalue weighted by atomic mass is 35.5. The Morgan fingerprint density at radius 2 is 2.15 bits per heavy atom. The molecule has 0 atom stereocenters. The van der Waals surface area contributed by atoms with Crippen LogP contribution in [0.2, 0.25) is 5.02 Å². The van der Waals surface area contributed by atoms with Crippen molar-refractivity contribution in [3.05, 3.63) is 58.9 Å². The summed E-state index contributed by atoms with van der Waals surface area (Å²) < 4.78 is 5.87. The van der Waals surface area contributed by atoms with E-state index < -0.39 is 0 Å². The average Bonchev–Trinajstić information content (AvgIpc) is 2.44. The highest BCUT2D eigenvalue weighted by Crippen LogP contribution is 2.19. The molecule has 0 unspecified atom stereocenters. The third-order valence-electron chi connectivity index (χ3n) is 2.84. The van der Waals surface area contributed by atoms with E-state index in [-0.39, 0.29) is 0 Å². The number of hydrogen-bond acceptors (Lipinski definition) is 3. The minimum absolute atomic E-state index is 0.427. The Bertz CT molecular complexity index is 558. The van der Waals surface area contributed by atoms with Gasteiger partial charge in [0.1, 0.15) is 12.4 Å². The number of aromatic nitrogens is 1. The van der Waals surface area contributed by atoms with Crippen LogP contribution in [-0.4, -0.2) is 11.0 Å². The van der Waals surface area contributed by atoms with Gasteiger partial charge in [0.25, 0.3) is 0 Å². The van der Waals surface area contributed by atoms with Gasteiger partial charge in [-0.2, -0.15) is 0 Å². The van der Waals surface area contributed by atoms with Crippen LogP contribution in [-0.2, 0) is 13.2 Å². The first-order chi connectivity index (χ1) is 9.65. The SMILES string of the molecule is CC(C)NCc1cnccc1OCc1cccc(Cl)c1. The van der Waals surface area contributed by atoms with Gasteiger partial charge in [-0.1, -0.05) is 37.6 Å². The molecule has 4 heteroatoms. The van der Waals surface area contributed by atoms with Gasteiger partial charge in [0, 0.05) is 35.6 Å². The van der Waals surface area contributed by atoms with E-state index in [0.29, 0.717) is 12.6 Å². The molecule has 1 heterocycles. The van der Waals surface area contributed by atoms with Crippen LogP contribution in [0.25, 0.3) is 0 Å². The number of halogens is 1. The van der Waals surface area contributed by atoms with E-state index in [1.165, 1.54) is 0 Å². The molecule has 0 fully saturated rings. The Balaban J connectivity index is 2.02. The van der Waals surface area contributed by atoms with E-state index in [4.69, 9.17) is 16.3 Å². The van der Waals surface area contributed by atoms with Crippen LogP contribution < -0.4 is 10.1 Å². The van der Waals surface area contributed by atoms with Crippen molar-refractivity contribution in [2.75, 3.05) is 0 Å². The quantitative estimate of drug-likeness (QED) is 0.878. The topological polar surface area (TPSA) is 34.2 Å². The molecule has 0 saturated carbocycles. The fourth-order valence-corrected chi connectivity index (χ4v) is 2.00. The maximum absolute atomic E-state index is 5.97. The molecule has 2 aromatic rings. The van der Waals surface area contributed by atoms with E-state index in [9.17, 15) is 0 Å². The Morgan fingerprint density at radius 3 is 2.90 bits per heavy atom. The first kappa shape index (κ1) is 14.8. The van der Waals surface area contributed by atoms with Crippen molar-refractivity contribution < 1.29 is 4.74 Å². The Labute approximate surface area is 124 Å². The monoisotopic (exact) mass is 290 g/mol. The molecule has 0 spiro atoms. The van der Waals surface area contributed by atoms with E-state index in [2.05, 4.69) is 24.1 Å². The molecule has 1 N–H and O–H groups in total. The molecule has 3 nitrogen and oxygen atoms in total. The molecule has 2 rings (SSSR count). The molecule has 20 heavy (non-hydrogen) atoms. The second-order valence-electron chi connectivity index (χ2n) is 4.94. The molecular formula is C16H19ClN2O. The Kier molecular flexibility index (Phi) is 5.39. The first-order valence-electron chi connectivity index (χ1n) is 6.68. The van der Waals surface area contributed by atoms with Crippen molar-refractivity contribution >= 4 is 11.6 Å². The van der Waals surface area contributed by atoms with Crippen molar-refractivity contribution in [1.82, 2.24) is 10.3 Å². The van der Waals surface area contributed by atoms with E-state index in [0.717, 1.165) is 28.4 Å². The Morgan fingerprint density at radius 1 is 1.30 bits per heavy atom. The summed E-state index contributed by atoms with van der Waals surface area (Å²) in [5, 5.41) is 4.09. The van der Waals surface area contributed by atoms with Crippen LogP contribution in [0.4, 0.5) is 0 Å².